The summed E-state index contributed by atoms with van der Waals surface area (Å²) in [7, 11) is 0. The Morgan fingerprint density at radius 3 is 3.00 bits per heavy atom. The highest BCUT2D eigenvalue weighted by Crippen LogP contribution is 2.12. The first-order chi connectivity index (χ1) is 8.24. The maximum absolute atomic E-state index is 11.5. The topological polar surface area (TPSA) is 41.5 Å². The zero-order valence-corrected chi connectivity index (χ0v) is 11.0. The maximum Gasteiger partial charge on any atom is 0.245 e. The highest BCUT2D eigenvalue weighted by molar-refractivity contribution is 7.13. The predicted octanol–water partition coefficient (Wildman–Crippen LogP) is 2.81. The Bertz CT molecular complexity index is 514. The molecule has 0 aliphatic rings. The summed E-state index contributed by atoms with van der Waals surface area (Å²) in [5.41, 5.74) is 2.52. The summed E-state index contributed by atoms with van der Waals surface area (Å²) in [5, 5.41) is 5.88. The second kappa shape index (κ2) is 5.75. The van der Waals surface area contributed by atoms with Gasteiger partial charge >= 0.3 is 0 Å². The number of hydrazone groups is 1. The molecule has 5 heteroatoms. The van der Waals surface area contributed by atoms with E-state index in [1.807, 2.05) is 36.6 Å². The normalized spacial score (nSPS) is 10.9. The number of nitrogens with one attached hydrogen (secondary N) is 1. The third-order valence-corrected chi connectivity index (χ3v) is 3.87. The summed E-state index contributed by atoms with van der Waals surface area (Å²) >= 11 is 3.22. The number of carbonyl (C=O) groups excluding carboxylic acids is 1. The van der Waals surface area contributed by atoms with Crippen LogP contribution >= 0.6 is 22.7 Å². The molecule has 0 saturated heterocycles. The molecule has 0 bridgehead atoms. The first kappa shape index (κ1) is 12.0. The van der Waals surface area contributed by atoms with Crippen LogP contribution in [0, 0.1) is 6.92 Å². The molecule has 0 aromatic carbocycles. The van der Waals surface area contributed by atoms with Crippen LogP contribution in [0.4, 0.5) is 0 Å². The lowest BCUT2D eigenvalue weighted by atomic mass is 10.3. The van der Waals surface area contributed by atoms with Crippen LogP contribution in [0.5, 0.6) is 0 Å². The fourth-order valence-electron chi connectivity index (χ4n) is 1.30. The smallest absolute Gasteiger partial charge is 0.245 e. The van der Waals surface area contributed by atoms with Gasteiger partial charge < -0.3 is 0 Å². The van der Waals surface area contributed by atoms with E-state index in [1.165, 1.54) is 4.88 Å². The van der Waals surface area contributed by atoms with Gasteiger partial charge in [-0.05, 0) is 30.5 Å². The van der Waals surface area contributed by atoms with Gasteiger partial charge in [0, 0.05) is 14.6 Å². The lowest BCUT2D eigenvalue weighted by Crippen LogP contribution is -2.19. The zero-order valence-electron chi connectivity index (χ0n) is 9.34. The third-order valence-electron chi connectivity index (χ3n) is 2.06. The van der Waals surface area contributed by atoms with E-state index >= 15 is 0 Å². The number of amides is 1. The lowest BCUT2D eigenvalue weighted by Gasteiger charge is -1.96. The molecule has 0 aliphatic carbocycles. The van der Waals surface area contributed by atoms with Crippen molar-refractivity contribution in [1.82, 2.24) is 5.43 Å². The maximum atomic E-state index is 11.5. The Morgan fingerprint density at radius 2 is 2.35 bits per heavy atom. The monoisotopic (exact) mass is 264 g/mol. The van der Waals surface area contributed by atoms with Gasteiger partial charge in [0.25, 0.3) is 0 Å². The minimum absolute atomic E-state index is 0.0861. The fourth-order valence-corrected chi connectivity index (χ4v) is 2.75. The average Bonchev–Trinajstić information content (AvgIpc) is 2.90. The Balaban J connectivity index is 1.82. The van der Waals surface area contributed by atoms with Gasteiger partial charge in [-0.2, -0.15) is 5.10 Å². The third kappa shape index (κ3) is 3.80. The van der Waals surface area contributed by atoms with Gasteiger partial charge in [-0.3, -0.25) is 4.79 Å². The van der Waals surface area contributed by atoms with Gasteiger partial charge in [-0.15, -0.1) is 22.7 Å². The molecular formula is C12H12N2OS2. The van der Waals surface area contributed by atoms with E-state index in [1.54, 1.807) is 28.9 Å². The second-order valence-corrected chi connectivity index (χ2v) is 5.85. The molecule has 0 atom stereocenters. The van der Waals surface area contributed by atoms with E-state index in [0.717, 1.165) is 9.75 Å². The number of hydrogen-bond donors (Lipinski definition) is 1. The van der Waals surface area contributed by atoms with Gasteiger partial charge in [0.1, 0.15) is 0 Å². The fraction of sp³-hybridized carbons (Fsp3) is 0.167. The average molecular weight is 264 g/mol. The molecule has 1 N–H and O–H groups in total. The standard InChI is InChI=1S/C12H12N2OS2/c1-9-4-5-11(17-9)8-13-14-12(15)7-10-3-2-6-16-10/h2-6,8H,7H2,1H3,(H,14,15)/b13-8-. The van der Waals surface area contributed by atoms with E-state index in [4.69, 9.17) is 0 Å². The SMILES string of the molecule is Cc1ccc(/C=N\NC(=O)Cc2cccs2)s1. The minimum atomic E-state index is -0.0861. The zero-order chi connectivity index (χ0) is 12.1. The van der Waals surface area contributed by atoms with Crippen LogP contribution in [0.25, 0.3) is 0 Å². The molecule has 88 valence electrons. The Kier molecular flexibility index (Phi) is 4.06. The molecule has 17 heavy (non-hydrogen) atoms. The van der Waals surface area contributed by atoms with Crippen LogP contribution in [0.3, 0.4) is 0 Å². The number of nitrogens with zero attached hydrogens (tertiary/aromatic N) is 1. The van der Waals surface area contributed by atoms with Crippen LogP contribution in [-0.4, -0.2) is 12.1 Å². The molecule has 0 fully saturated rings. The molecule has 2 aromatic heterocycles. The van der Waals surface area contributed by atoms with Gasteiger partial charge in [0.2, 0.25) is 5.91 Å². The van der Waals surface area contributed by atoms with Crippen molar-refractivity contribution in [3.8, 4) is 0 Å². The molecule has 0 saturated carbocycles. The second-order valence-electron chi connectivity index (χ2n) is 3.50. The molecule has 2 heterocycles. The number of thiophene rings is 2. The molecule has 0 radical (unpaired) electrons. The molecule has 3 nitrogen and oxygen atoms in total. The highest BCUT2D eigenvalue weighted by atomic mass is 32.1. The molecular weight excluding hydrogens is 252 g/mol. The van der Waals surface area contributed by atoms with Crippen LogP contribution < -0.4 is 5.43 Å². The van der Waals surface area contributed by atoms with E-state index in [-0.39, 0.29) is 5.91 Å². The van der Waals surface area contributed by atoms with Gasteiger partial charge in [0.05, 0.1) is 12.6 Å². The van der Waals surface area contributed by atoms with Crippen molar-refractivity contribution in [2.45, 2.75) is 13.3 Å². The molecule has 0 spiro atoms. The summed E-state index contributed by atoms with van der Waals surface area (Å²) in [6.45, 7) is 2.04. The predicted molar refractivity (Wildman–Crippen MR) is 72.8 cm³/mol. The van der Waals surface area contributed by atoms with Crippen molar-refractivity contribution < 1.29 is 4.79 Å². The number of rotatable bonds is 4. The summed E-state index contributed by atoms with van der Waals surface area (Å²) in [6.07, 6.45) is 2.06. The quantitative estimate of drug-likeness (QED) is 0.669. The largest absolute Gasteiger partial charge is 0.273 e. The van der Waals surface area contributed by atoms with Gasteiger partial charge in [-0.1, -0.05) is 6.07 Å². The van der Waals surface area contributed by atoms with Crippen molar-refractivity contribution >= 4 is 34.8 Å². The van der Waals surface area contributed by atoms with Gasteiger partial charge in [0.15, 0.2) is 0 Å². The van der Waals surface area contributed by atoms with E-state index in [9.17, 15) is 4.79 Å². The Hall–Kier alpha value is -1.46. The summed E-state index contributed by atoms with van der Waals surface area (Å²) in [6, 6.07) is 7.88. The van der Waals surface area contributed by atoms with Crippen molar-refractivity contribution in [2.75, 3.05) is 0 Å². The van der Waals surface area contributed by atoms with Gasteiger partial charge in [-0.25, -0.2) is 5.43 Å². The Labute approximate surface area is 108 Å². The minimum Gasteiger partial charge on any atom is -0.273 e. The first-order valence-corrected chi connectivity index (χ1v) is 6.84. The number of aryl methyl sites for hydroxylation is 1. The number of carbonyl (C=O) groups is 1. The highest BCUT2D eigenvalue weighted by Gasteiger charge is 2.02. The van der Waals surface area contributed by atoms with E-state index < -0.39 is 0 Å². The molecule has 0 aliphatic heterocycles. The van der Waals surface area contributed by atoms with Crippen LogP contribution in [0.2, 0.25) is 0 Å². The summed E-state index contributed by atoms with van der Waals surface area (Å²) in [4.78, 5) is 14.8. The summed E-state index contributed by atoms with van der Waals surface area (Å²) in [5.74, 6) is -0.0861. The van der Waals surface area contributed by atoms with Crippen molar-refractivity contribution in [3.63, 3.8) is 0 Å². The lowest BCUT2D eigenvalue weighted by molar-refractivity contribution is -0.120. The first-order valence-electron chi connectivity index (χ1n) is 5.15. The molecule has 2 rings (SSSR count). The Morgan fingerprint density at radius 1 is 1.47 bits per heavy atom. The van der Waals surface area contributed by atoms with E-state index in [0.29, 0.717) is 6.42 Å². The van der Waals surface area contributed by atoms with E-state index in [2.05, 4.69) is 10.5 Å². The molecule has 2 aromatic rings. The van der Waals surface area contributed by atoms with Crippen molar-refractivity contribution in [2.24, 2.45) is 5.10 Å². The van der Waals surface area contributed by atoms with Crippen molar-refractivity contribution in [3.05, 3.63) is 44.3 Å². The number of hydrogen-bond acceptors (Lipinski definition) is 4. The molecule has 0 unspecified atom stereocenters. The molecule has 1 amide bonds. The summed E-state index contributed by atoms with van der Waals surface area (Å²) < 4.78 is 0. The van der Waals surface area contributed by atoms with Crippen molar-refractivity contribution in [1.29, 1.82) is 0 Å². The van der Waals surface area contributed by atoms with Crippen LogP contribution in [-0.2, 0) is 11.2 Å². The van der Waals surface area contributed by atoms with Crippen LogP contribution in [0.1, 0.15) is 14.6 Å². The van der Waals surface area contributed by atoms with Crippen LogP contribution in [0.15, 0.2) is 34.7 Å².